The van der Waals surface area contributed by atoms with E-state index in [1.165, 1.54) is 24.3 Å². The van der Waals surface area contributed by atoms with Gasteiger partial charge in [-0.3, -0.25) is 4.79 Å². The maximum atomic E-state index is 13.5. The van der Waals surface area contributed by atoms with Gasteiger partial charge in [0.2, 0.25) is 5.75 Å². The van der Waals surface area contributed by atoms with Crippen LogP contribution in [0.25, 0.3) is 0 Å². The number of benzene rings is 3. The number of hydrogen-bond acceptors (Lipinski definition) is 5. The first-order chi connectivity index (χ1) is 19.9. The Bertz CT molecular complexity index is 1200. The van der Waals surface area contributed by atoms with Gasteiger partial charge >= 0.3 is 0 Å². The first-order valence-electron chi connectivity index (χ1n) is 14.2. The lowest BCUT2D eigenvalue weighted by Crippen LogP contribution is -2.31. The standard InChI is InChI=1S/C33H40F2N2O4/c1-39-30-19-26(20-31(40-2)32(30)41-3)33(38)37-18-16-23(22-37)21-36-17-6-4-5-7-29(24-8-12-27(34)13-9-24)25-10-14-28(35)15-11-25/h8-15,19-20,23,29,36H,4-7,16-18,21-22H2,1-3H3. The van der Waals surface area contributed by atoms with Gasteiger partial charge < -0.3 is 24.4 Å². The fourth-order valence-electron chi connectivity index (χ4n) is 5.57. The van der Waals surface area contributed by atoms with Crippen molar-refractivity contribution in [1.82, 2.24) is 10.2 Å². The van der Waals surface area contributed by atoms with Crippen LogP contribution in [-0.4, -0.2) is 58.3 Å². The van der Waals surface area contributed by atoms with E-state index in [1.54, 1.807) is 33.5 Å². The number of likely N-dealkylation sites (tertiary alicyclic amines) is 1. The second kappa shape index (κ2) is 14.8. The second-order valence-corrected chi connectivity index (χ2v) is 10.5. The number of methoxy groups -OCH3 is 3. The monoisotopic (exact) mass is 566 g/mol. The maximum Gasteiger partial charge on any atom is 0.254 e. The van der Waals surface area contributed by atoms with Gasteiger partial charge in [-0.1, -0.05) is 37.1 Å². The highest BCUT2D eigenvalue weighted by atomic mass is 19.1. The van der Waals surface area contributed by atoms with Crippen molar-refractivity contribution in [1.29, 1.82) is 0 Å². The summed E-state index contributed by atoms with van der Waals surface area (Å²) in [6, 6.07) is 16.6. The summed E-state index contributed by atoms with van der Waals surface area (Å²) in [6.07, 6.45) is 4.99. The van der Waals surface area contributed by atoms with Crippen molar-refractivity contribution in [3.05, 3.63) is 89.0 Å². The molecule has 3 aromatic rings. The first-order valence-corrected chi connectivity index (χ1v) is 14.2. The number of unbranched alkanes of at least 4 members (excludes halogenated alkanes) is 2. The van der Waals surface area contributed by atoms with Crippen molar-refractivity contribution in [2.24, 2.45) is 5.92 Å². The Morgan fingerprint density at radius 3 is 2.00 bits per heavy atom. The lowest BCUT2D eigenvalue weighted by atomic mass is 9.87. The van der Waals surface area contributed by atoms with Crippen LogP contribution in [0, 0.1) is 17.6 Å². The van der Waals surface area contributed by atoms with Gasteiger partial charge in [-0.2, -0.15) is 0 Å². The molecule has 0 saturated carbocycles. The number of nitrogens with one attached hydrogen (secondary N) is 1. The predicted octanol–water partition coefficient (Wildman–Crippen LogP) is 6.43. The van der Waals surface area contributed by atoms with E-state index in [4.69, 9.17) is 14.2 Å². The van der Waals surface area contributed by atoms with Crippen LogP contribution in [-0.2, 0) is 0 Å². The fraction of sp³-hybridized carbons (Fsp3) is 0.424. The Morgan fingerprint density at radius 1 is 0.878 bits per heavy atom. The summed E-state index contributed by atoms with van der Waals surface area (Å²) in [5.74, 6) is 1.37. The molecule has 6 nitrogen and oxygen atoms in total. The molecule has 1 N–H and O–H groups in total. The highest BCUT2D eigenvalue weighted by Gasteiger charge is 2.28. The lowest BCUT2D eigenvalue weighted by Gasteiger charge is -2.19. The maximum absolute atomic E-state index is 13.5. The molecule has 1 heterocycles. The van der Waals surface area contributed by atoms with Gasteiger partial charge in [0.05, 0.1) is 21.3 Å². The third kappa shape index (κ3) is 7.97. The van der Waals surface area contributed by atoms with Gasteiger partial charge in [0.25, 0.3) is 5.91 Å². The molecular formula is C33H40F2N2O4. The van der Waals surface area contributed by atoms with Gasteiger partial charge in [0.1, 0.15) is 11.6 Å². The molecule has 1 fully saturated rings. The minimum absolute atomic E-state index is 0.0383. The topological polar surface area (TPSA) is 60.0 Å². The molecule has 0 aliphatic carbocycles. The van der Waals surface area contributed by atoms with Crippen LogP contribution in [0.3, 0.4) is 0 Å². The minimum atomic E-state index is -0.256. The van der Waals surface area contributed by atoms with Crippen molar-refractivity contribution in [2.45, 2.75) is 38.0 Å². The molecule has 1 amide bonds. The van der Waals surface area contributed by atoms with Gasteiger partial charge in [-0.15, -0.1) is 0 Å². The van der Waals surface area contributed by atoms with Crippen LogP contribution in [0.1, 0.15) is 59.5 Å². The number of rotatable bonds is 14. The Balaban J connectivity index is 1.20. The predicted molar refractivity (Wildman–Crippen MR) is 156 cm³/mol. The molecule has 0 bridgehead atoms. The molecule has 4 rings (SSSR count). The summed E-state index contributed by atoms with van der Waals surface area (Å²) in [5.41, 5.74) is 2.61. The molecule has 0 spiro atoms. The SMILES string of the molecule is COc1cc(C(=O)N2CCC(CNCCCCCC(c3ccc(F)cc3)c3ccc(F)cc3)C2)cc(OC)c1OC. The summed E-state index contributed by atoms with van der Waals surface area (Å²) in [6.45, 7) is 3.21. The van der Waals surface area contributed by atoms with Crippen LogP contribution in [0.2, 0.25) is 0 Å². The summed E-state index contributed by atoms with van der Waals surface area (Å²) in [7, 11) is 4.62. The first kappa shape index (κ1) is 30.3. The summed E-state index contributed by atoms with van der Waals surface area (Å²) in [5, 5.41) is 3.56. The Kier molecular flexibility index (Phi) is 11.0. The molecular weight excluding hydrogens is 526 g/mol. The fourth-order valence-corrected chi connectivity index (χ4v) is 5.57. The molecule has 1 saturated heterocycles. The van der Waals surface area contributed by atoms with Gasteiger partial charge in [-0.05, 0) is 85.8 Å². The summed E-state index contributed by atoms with van der Waals surface area (Å²) < 4.78 is 43.1. The average Bonchev–Trinajstić information content (AvgIpc) is 3.47. The molecule has 41 heavy (non-hydrogen) atoms. The van der Waals surface area contributed by atoms with Crippen molar-refractivity contribution in [2.75, 3.05) is 47.5 Å². The van der Waals surface area contributed by atoms with Crippen molar-refractivity contribution in [3.63, 3.8) is 0 Å². The van der Waals surface area contributed by atoms with E-state index in [-0.39, 0.29) is 23.5 Å². The van der Waals surface area contributed by atoms with E-state index in [9.17, 15) is 13.6 Å². The highest BCUT2D eigenvalue weighted by Crippen LogP contribution is 2.38. The number of hydrogen-bond donors (Lipinski definition) is 1. The van der Waals surface area contributed by atoms with Crippen LogP contribution in [0.5, 0.6) is 17.2 Å². The second-order valence-electron chi connectivity index (χ2n) is 10.5. The zero-order chi connectivity index (χ0) is 29.2. The van der Waals surface area contributed by atoms with E-state index in [2.05, 4.69) is 5.32 Å². The molecule has 8 heteroatoms. The Morgan fingerprint density at radius 2 is 1.46 bits per heavy atom. The normalized spacial score (nSPS) is 14.9. The lowest BCUT2D eigenvalue weighted by molar-refractivity contribution is 0.0786. The van der Waals surface area contributed by atoms with E-state index < -0.39 is 0 Å². The number of halogens is 2. The molecule has 0 radical (unpaired) electrons. The zero-order valence-corrected chi connectivity index (χ0v) is 24.1. The number of ether oxygens (including phenoxy) is 3. The third-order valence-electron chi connectivity index (χ3n) is 7.81. The largest absolute Gasteiger partial charge is 0.493 e. The van der Waals surface area contributed by atoms with E-state index in [0.717, 1.165) is 62.9 Å². The molecule has 1 atom stereocenters. The number of nitrogens with zero attached hydrogens (tertiary/aromatic N) is 1. The smallest absolute Gasteiger partial charge is 0.254 e. The molecule has 220 valence electrons. The molecule has 1 aliphatic heterocycles. The van der Waals surface area contributed by atoms with Crippen molar-refractivity contribution in [3.8, 4) is 17.2 Å². The van der Waals surface area contributed by atoms with Crippen LogP contribution >= 0.6 is 0 Å². The average molecular weight is 567 g/mol. The van der Waals surface area contributed by atoms with E-state index in [1.807, 2.05) is 29.2 Å². The van der Waals surface area contributed by atoms with Crippen LogP contribution < -0.4 is 19.5 Å². The molecule has 3 aromatic carbocycles. The highest BCUT2D eigenvalue weighted by molar-refractivity contribution is 5.95. The van der Waals surface area contributed by atoms with Crippen LogP contribution in [0.15, 0.2) is 60.7 Å². The van der Waals surface area contributed by atoms with Gasteiger partial charge in [-0.25, -0.2) is 8.78 Å². The van der Waals surface area contributed by atoms with E-state index >= 15 is 0 Å². The summed E-state index contributed by atoms with van der Waals surface area (Å²) in [4.78, 5) is 15.1. The summed E-state index contributed by atoms with van der Waals surface area (Å²) >= 11 is 0. The van der Waals surface area contributed by atoms with Crippen LogP contribution in [0.4, 0.5) is 8.78 Å². The molecule has 0 aromatic heterocycles. The molecule has 1 aliphatic rings. The number of amides is 1. The Labute approximate surface area is 241 Å². The quantitative estimate of drug-likeness (QED) is 0.228. The Hall–Kier alpha value is -3.65. The number of carbonyl (C=O) groups is 1. The zero-order valence-electron chi connectivity index (χ0n) is 24.1. The van der Waals surface area contributed by atoms with Crippen molar-refractivity contribution < 1.29 is 27.8 Å². The molecule has 1 unspecified atom stereocenters. The van der Waals surface area contributed by atoms with Gasteiger partial charge in [0, 0.05) is 24.6 Å². The minimum Gasteiger partial charge on any atom is -0.493 e. The van der Waals surface area contributed by atoms with Crippen molar-refractivity contribution >= 4 is 5.91 Å². The van der Waals surface area contributed by atoms with Gasteiger partial charge in [0.15, 0.2) is 11.5 Å². The third-order valence-corrected chi connectivity index (χ3v) is 7.81. The van der Waals surface area contributed by atoms with E-state index in [0.29, 0.717) is 35.3 Å². The number of carbonyl (C=O) groups excluding carboxylic acids is 1.